The van der Waals surface area contributed by atoms with E-state index in [0.29, 0.717) is 22.6 Å². The number of esters is 1. The first-order chi connectivity index (χ1) is 11.1. The number of hydrogen-bond acceptors (Lipinski definition) is 4. The summed E-state index contributed by atoms with van der Waals surface area (Å²) < 4.78 is 24.0. The van der Waals surface area contributed by atoms with E-state index in [2.05, 4.69) is 5.16 Å². The van der Waals surface area contributed by atoms with Crippen molar-refractivity contribution in [3.63, 3.8) is 0 Å². The molecule has 3 aromatic rings. The first-order valence-electron chi connectivity index (χ1n) is 7.08. The molecule has 23 heavy (non-hydrogen) atoms. The van der Waals surface area contributed by atoms with Crippen LogP contribution in [-0.2, 0) is 11.3 Å². The van der Waals surface area contributed by atoms with Gasteiger partial charge < -0.3 is 9.26 Å². The standard InChI is InChI=1S/C18H14FNO3/c1-12-6-8-13(9-7-12)18(21)22-11-14-10-17(23-20-14)15-4-2-3-5-16(15)19/h2-10H,11H2,1H3. The molecule has 0 N–H and O–H groups in total. The zero-order valence-electron chi connectivity index (χ0n) is 12.5. The van der Waals surface area contributed by atoms with E-state index in [4.69, 9.17) is 9.26 Å². The molecule has 2 aromatic carbocycles. The topological polar surface area (TPSA) is 52.3 Å². The van der Waals surface area contributed by atoms with Crippen LogP contribution in [0.25, 0.3) is 11.3 Å². The van der Waals surface area contributed by atoms with Crippen LogP contribution in [0.3, 0.4) is 0 Å². The molecule has 0 saturated heterocycles. The van der Waals surface area contributed by atoms with E-state index < -0.39 is 11.8 Å². The largest absolute Gasteiger partial charge is 0.455 e. The Bertz CT molecular complexity index is 824. The zero-order valence-corrected chi connectivity index (χ0v) is 12.5. The van der Waals surface area contributed by atoms with Gasteiger partial charge in [-0.25, -0.2) is 9.18 Å². The Kier molecular flexibility index (Phi) is 4.19. The van der Waals surface area contributed by atoms with Crippen molar-refractivity contribution in [3.8, 4) is 11.3 Å². The van der Waals surface area contributed by atoms with Gasteiger partial charge in [0.15, 0.2) is 5.76 Å². The van der Waals surface area contributed by atoms with Crippen LogP contribution >= 0.6 is 0 Å². The number of halogens is 1. The molecular weight excluding hydrogens is 297 g/mol. The second kappa shape index (κ2) is 6.44. The Balaban J connectivity index is 1.67. The van der Waals surface area contributed by atoms with Crippen LogP contribution in [0.5, 0.6) is 0 Å². The number of carbonyl (C=O) groups is 1. The van der Waals surface area contributed by atoms with Gasteiger partial charge in [-0.15, -0.1) is 0 Å². The lowest BCUT2D eigenvalue weighted by Gasteiger charge is -2.02. The first-order valence-corrected chi connectivity index (χ1v) is 7.08. The number of aromatic nitrogens is 1. The van der Waals surface area contributed by atoms with Crippen molar-refractivity contribution >= 4 is 5.97 Å². The molecule has 1 aromatic heterocycles. The second-order valence-electron chi connectivity index (χ2n) is 5.10. The number of benzene rings is 2. The molecule has 116 valence electrons. The fourth-order valence-corrected chi connectivity index (χ4v) is 2.08. The molecule has 0 amide bonds. The smallest absolute Gasteiger partial charge is 0.338 e. The third kappa shape index (κ3) is 3.45. The van der Waals surface area contributed by atoms with Crippen molar-refractivity contribution in [3.05, 3.63) is 77.2 Å². The molecule has 0 spiro atoms. The molecule has 0 bridgehead atoms. The maximum absolute atomic E-state index is 13.7. The van der Waals surface area contributed by atoms with Crippen molar-refractivity contribution in [1.29, 1.82) is 0 Å². The fraction of sp³-hybridized carbons (Fsp3) is 0.111. The minimum absolute atomic E-state index is 0.0370. The highest BCUT2D eigenvalue weighted by Gasteiger charge is 2.13. The van der Waals surface area contributed by atoms with E-state index >= 15 is 0 Å². The molecule has 5 heteroatoms. The van der Waals surface area contributed by atoms with E-state index in [0.717, 1.165) is 5.56 Å². The van der Waals surface area contributed by atoms with Crippen molar-refractivity contribution in [2.75, 3.05) is 0 Å². The molecule has 0 saturated carbocycles. The highest BCUT2D eigenvalue weighted by molar-refractivity contribution is 5.89. The number of hydrogen-bond donors (Lipinski definition) is 0. The SMILES string of the molecule is Cc1ccc(C(=O)OCc2cc(-c3ccccc3F)on2)cc1. The summed E-state index contributed by atoms with van der Waals surface area (Å²) in [5.74, 6) is -0.545. The number of rotatable bonds is 4. The number of aryl methyl sites for hydroxylation is 1. The van der Waals surface area contributed by atoms with Gasteiger partial charge in [-0.2, -0.15) is 0 Å². The quantitative estimate of drug-likeness (QED) is 0.679. The van der Waals surface area contributed by atoms with Gasteiger partial charge in [0.05, 0.1) is 11.1 Å². The van der Waals surface area contributed by atoms with E-state index in [1.807, 2.05) is 19.1 Å². The Morgan fingerprint density at radius 1 is 1.17 bits per heavy atom. The van der Waals surface area contributed by atoms with Gasteiger partial charge in [-0.3, -0.25) is 0 Å². The lowest BCUT2D eigenvalue weighted by molar-refractivity contribution is 0.0464. The first kappa shape index (κ1) is 15.0. The summed E-state index contributed by atoms with van der Waals surface area (Å²) in [4.78, 5) is 11.9. The highest BCUT2D eigenvalue weighted by Crippen LogP contribution is 2.23. The summed E-state index contributed by atoms with van der Waals surface area (Å²) in [6, 6.07) is 14.9. The number of nitrogens with zero attached hydrogens (tertiary/aromatic N) is 1. The van der Waals surface area contributed by atoms with Gasteiger partial charge in [-0.05, 0) is 31.2 Å². The third-order valence-electron chi connectivity index (χ3n) is 3.34. The molecule has 0 atom stereocenters. The van der Waals surface area contributed by atoms with Crippen LogP contribution in [0, 0.1) is 12.7 Å². The molecule has 0 aliphatic carbocycles. The van der Waals surface area contributed by atoms with Crippen molar-refractivity contribution < 1.29 is 18.4 Å². The lowest BCUT2D eigenvalue weighted by Crippen LogP contribution is -2.05. The van der Waals surface area contributed by atoms with Crippen LogP contribution in [0.1, 0.15) is 21.6 Å². The molecule has 0 radical (unpaired) electrons. The van der Waals surface area contributed by atoms with Crippen molar-refractivity contribution in [2.45, 2.75) is 13.5 Å². The van der Waals surface area contributed by atoms with Gasteiger partial charge in [0, 0.05) is 6.07 Å². The molecule has 0 aliphatic rings. The molecule has 1 heterocycles. The predicted octanol–water partition coefficient (Wildman–Crippen LogP) is 4.15. The summed E-state index contributed by atoms with van der Waals surface area (Å²) in [7, 11) is 0. The van der Waals surface area contributed by atoms with Crippen LogP contribution < -0.4 is 0 Å². The van der Waals surface area contributed by atoms with E-state index in [9.17, 15) is 9.18 Å². The minimum Gasteiger partial charge on any atom is -0.455 e. The summed E-state index contributed by atoms with van der Waals surface area (Å²) in [5.41, 5.74) is 2.26. The van der Waals surface area contributed by atoms with Crippen LogP contribution in [-0.4, -0.2) is 11.1 Å². The maximum Gasteiger partial charge on any atom is 0.338 e. The molecule has 0 unspecified atom stereocenters. The van der Waals surface area contributed by atoms with Gasteiger partial charge in [0.25, 0.3) is 0 Å². The maximum atomic E-state index is 13.7. The Hall–Kier alpha value is -2.95. The molecular formula is C18H14FNO3. The molecule has 4 nitrogen and oxygen atoms in total. The Morgan fingerprint density at radius 2 is 1.91 bits per heavy atom. The molecule has 0 fully saturated rings. The average molecular weight is 311 g/mol. The van der Waals surface area contributed by atoms with Crippen LogP contribution in [0.2, 0.25) is 0 Å². The fourth-order valence-electron chi connectivity index (χ4n) is 2.08. The lowest BCUT2D eigenvalue weighted by atomic mass is 10.1. The summed E-state index contributed by atoms with van der Waals surface area (Å²) >= 11 is 0. The molecule has 3 rings (SSSR count). The normalized spacial score (nSPS) is 10.5. The average Bonchev–Trinajstić information content (AvgIpc) is 3.02. The minimum atomic E-state index is -0.444. The molecule has 0 aliphatic heterocycles. The van der Waals surface area contributed by atoms with Gasteiger partial charge in [-0.1, -0.05) is 35.0 Å². The van der Waals surface area contributed by atoms with Gasteiger partial charge in [0.2, 0.25) is 0 Å². The predicted molar refractivity (Wildman–Crippen MR) is 82.2 cm³/mol. The highest BCUT2D eigenvalue weighted by atomic mass is 19.1. The van der Waals surface area contributed by atoms with E-state index in [1.165, 1.54) is 6.07 Å². The Labute approximate surface area is 132 Å². The number of carbonyl (C=O) groups excluding carboxylic acids is 1. The van der Waals surface area contributed by atoms with Crippen molar-refractivity contribution in [2.24, 2.45) is 0 Å². The van der Waals surface area contributed by atoms with E-state index in [1.54, 1.807) is 36.4 Å². The van der Waals surface area contributed by atoms with E-state index in [-0.39, 0.29) is 6.61 Å². The summed E-state index contributed by atoms with van der Waals surface area (Å²) in [5, 5.41) is 3.79. The van der Waals surface area contributed by atoms with Gasteiger partial charge >= 0.3 is 5.97 Å². The van der Waals surface area contributed by atoms with Crippen LogP contribution in [0.15, 0.2) is 59.1 Å². The second-order valence-corrected chi connectivity index (χ2v) is 5.10. The van der Waals surface area contributed by atoms with Crippen molar-refractivity contribution in [1.82, 2.24) is 5.16 Å². The van der Waals surface area contributed by atoms with Crippen LogP contribution in [0.4, 0.5) is 4.39 Å². The zero-order chi connectivity index (χ0) is 16.2. The number of ether oxygens (including phenoxy) is 1. The summed E-state index contributed by atoms with van der Waals surface area (Å²) in [6.07, 6.45) is 0. The van der Waals surface area contributed by atoms with Gasteiger partial charge in [0.1, 0.15) is 18.1 Å². The summed E-state index contributed by atoms with van der Waals surface area (Å²) in [6.45, 7) is 1.90. The third-order valence-corrected chi connectivity index (χ3v) is 3.34. The monoisotopic (exact) mass is 311 g/mol. The Morgan fingerprint density at radius 3 is 2.65 bits per heavy atom.